The van der Waals surface area contributed by atoms with Crippen LogP contribution in [0.5, 0.6) is 5.75 Å². The quantitative estimate of drug-likeness (QED) is 0.752. The van der Waals surface area contributed by atoms with Crippen molar-refractivity contribution in [1.29, 1.82) is 5.26 Å². The van der Waals surface area contributed by atoms with Gasteiger partial charge < -0.3 is 4.74 Å². The SMILES string of the molecule is N#Cc1ccc(OCC(=O)NNC(=O)c2ccc(C3SCCS3)cc2)cc1. The van der Waals surface area contributed by atoms with Gasteiger partial charge in [0, 0.05) is 17.1 Å². The molecular weight excluding hydrogens is 382 g/mol. The first-order chi connectivity index (χ1) is 13.2. The third kappa shape index (κ3) is 5.42. The molecule has 1 aliphatic rings. The van der Waals surface area contributed by atoms with E-state index in [0.717, 1.165) is 11.5 Å². The first-order valence-corrected chi connectivity index (χ1v) is 10.3. The number of carbonyl (C=O) groups is 2. The summed E-state index contributed by atoms with van der Waals surface area (Å²) < 4.78 is 5.73. The third-order valence-electron chi connectivity index (χ3n) is 3.74. The molecule has 0 atom stereocenters. The molecule has 2 amide bonds. The minimum Gasteiger partial charge on any atom is -0.484 e. The number of thioether (sulfide) groups is 2. The second-order valence-corrected chi connectivity index (χ2v) is 8.35. The van der Waals surface area contributed by atoms with Gasteiger partial charge >= 0.3 is 0 Å². The summed E-state index contributed by atoms with van der Waals surface area (Å²) in [6, 6.07) is 15.8. The van der Waals surface area contributed by atoms with Crippen LogP contribution >= 0.6 is 23.5 Å². The van der Waals surface area contributed by atoms with Gasteiger partial charge in [0.1, 0.15) is 5.75 Å². The monoisotopic (exact) mass is 399 g/mol. The molecule has 138 valence electrons. The number of amides is 2. The van der Waals surface area contributed by atoms with Crippen molar-refractivity contribution in [3.63, 3.8) is 0 Å². The minimum absolute atomic E-state index is 0.249. The van der Waals surface area contributed by atoms with Gasteiger partial charge in [-0.05, 0) is 42.0 Å². The number of ether oxygens (including phenoxy) is 1. The van der Waals surface area contributed by atoms with Crippen molar-refractivity contribution in [2.24, 2.45) is 0 Å². The number of nitrogens with one attached hydrogen (secondary N) is 2. The van der Waals surface area contributed by atoms with Crippen molar-refractivity contribution in [3.8, 4) is 11.8 Å². The highest BCUT2D eigenvalue weighted by atomic mass is 32.2. The van der Waals surface area contributed by atoms with Gasteiger partial charge in [-0.3, -0.25) is 20.4 Å². The Balaban J connectivity index is 1.43. The van der Waals surface area contributed by atoms with Crippen LogP contribution in [0.3, 0.4) is 0 Å². The van der Waals surface area contributed by atoms with E-state index in [0.29, 0.717) is 21.5 Å². The fourth-order valence-corrected chi connectivity index (χ4v) is 5.21. The van der Waals surface area contributed by atoms with Gasteiger partial charge in [-0.25, -0.2) is 0 Å². The highest BCUT2D eigenvalue weighted by molar-refractivity contribution is 8.19. The summed E-state index contributed by atoms with van der Waals surface area (Å²) in [5.74, 6) is 1.89. The van der Waals surface area contributed by atoms with E-state index >= 15 is 0 Å². The summed E-state index contributed by atoms with van der Waals surface area (Å²) in [6.07, 6.45) is 0. The topological polar surface area (TPSA) is 91.2 Å². The molecule has 0 aliphatic carbocycles. The molecule has 3 rings (SSSR count). The lowest BCUT2D eigenvalue weighted by Crippen LogP contribution is -2.43. The molecule has 2 aromatic rings. The van der Waals surface area contributed by atoms with Crippen molar-refractivity contribution < 1.29 is 14.3 Å². The van der Waals surface area contributed by atoms with E-state index in [1.165, 1.54) is 5.56 Å². The maximum atomic E-state index is 12.1. The lowest BCUT2D eigenvalue weighted by Gasteiger charge is -2.11. The summed E-state index contributed by atoms with van der Waals surface area (Å²) in [7, 11) is 0. The Kier molecular flexibility index (Phi) is 6.63. The van der Waals surface area contributed by atoms with Gasteiger partial charge in [0.05, 0.1) is 16.2 Å². The third-order valence-corrected chi connectivity index (χ3v) is 6.84. The highest BCUT2D eigenvalue weighted by Crippen LogP contribution is 2.45. The molecule has 1 fully saturated rings. The molecule has 0 bridgehead atoms. The molecule has 0 spiro atoms. The van der Waals surface area contributed by atoms with Crippen molar-refractivity contribution in [1.82, 2.24) is 10.9 Å². The molecule has 1 saturated heterocycles. The molecule has 0 saturated carbocycles. The number of nitrogens with zero attached hydrogens (tertiary/aromatic N) is 1. The zero-order valence-corrected chi connectivity index (χ0v) is 15.9. The molecule has 2 N–H and O–H groups in total. The lowest BCUT2D eigenvalue weighted by atomic mass is 10.1. The minimum atomic E-state index is -0.483. The van der Waals surface area contributed by atoms with Gasteiger partial charge in [0.15, 0.2) is 6.61 Å². The molecular formula is C19H17N3O3S2. The van der Waals surface area contributed by atoms with Gasteiger partial charge in [0.2, 0.25) is 0 Å². The fraction of sp³-hybridized carbons (Fsp3) is 0.211. The summed E-state index contributed by atoms with van der Waals surface area (Å²) in [5.41, 5.74) is 6.86. The molecule has 0 aromatic heterocycles. The van der Waals surface area contributed by atoms with Crippen LogP contribution in [0.4, 0.5) is 0 Å². The zero-order chi connectivity index (χ0) is 19.1. The van der Waals surface area contributed by atoms with Crippen molar-refractivity contribution in [2.75, 3.05) is 18.1 Å². The standard InChI is InChI=1S/C19H17N3O3S2/c20-11-13-1-7-16(8-2-13)25-12-17(23)21-22-18(24)14-3-5-15(6-4-14)19-26-9-10-27-19/h1-8,19H,9-10,12H2,(H,21,23)(H,22,24). The van der Waals surface area contributed by atoms with Crippen LogP contribution < -0.4 is 15.6 Å². The normalized spacial score (nSPS) is 13.6. The van der Waals surface area contributed by atoms with E-state index < -0.39 is 5.91 Å². The maximum absolute atomic E-state index is 12.1. The van der Waals surface area contributed by atoms with Crippen LogP contribution in [0.1, 0.15) is 26.1 Å². The van der Waals surface area contributed by atoms with E-state index in [4.69, 9.17) is 10.00 Å². The summed E-state index contributed by atoms with van der Waals surface area (Å²) >= 11 is 3.81. The van der Waals surface area contributed by atoms with Crippen LogP contribution in [-0.2, 0) is 4.79 Å². The Labute approximate surface area is 165 Å². The number of carbonyl (C=O) groups excluding carboxylic acids is 2. The van der Waals surface area contributed by atoms with E-state index in [1.54, 1.807) is 36.4 Å². The van der Waals surface area contributed by atoms with E-state index in [-0.39, 0.29) is 12.5 Å². The number of hydrazine groups is 1. The Morgan fingerprint density at radius 1 is 1.04 bits per heavy atom. The fourth-order valence-electron chi connectivity index (χ4n) is 2.35. The average molecular weight is 399 g/mol. The average Bonchev–Trinajstić information content (AvgIpc) is 3.26. The highest BCUT2D eigenvalue weighted by Gasteiger charge is 2.18. The molecule has 0 radical (unpaired) electrons. The largest absolute Gasteiger partial charge is 0.484 e. The molecule has 27 heavy (non-hydrogen) atoms. The second-order valence-electron chi connectivity index (χ2n) is 5.62. The van der Waals surface area contributed by atoms with Gasteiger partial charge in [-0.2, -0.15) is 5.26 Å². The zero-order valence-electron chi connectivity index (χ0n) is 14.3. The molecule has 1 heterocycles. The number of hydrogen-bond acceptors (Lipinski definition) is 6. The van der Waals surface area contributed by atoms with Crippen LogP contribution in [-0.4, -0.2) is 29.9 Å². The van der Waals surface area contributed by atoms with Gasteiger partial charge in [-0.1, -0.05) is 12.1 Å². The molecule has 6 nitrogen and oxygen atoms in total. The smallest absolute Gasteiger partial charge is 0.276 e. The van der Waals surface area contributed by atoms with Gasteiger partial charge in [-0.15, -0.1) is 23.5 Å². The number of rotatable bonds is 5. The first-order valence-electron chi connectivity index (χ1n) is 8.21. The predicted molar refractivity (Wildman–Crippen MR) is 106 cm³/mol. The molecule has 1 aliphatic heterocycles. The van der Waals surface area contributed by atoms with E-state index in [2.05, 4.69) is 10.9 Å². The Morgan fingerprint density at radius 3 is 2.33 bits per heavy atom. The Hall–Kier alpha value is -2.63. The van der Waals surface area contributed by atoms with Crippen LogP contribution in [0.2, 0.25) is 0 Å². The van der Waals surface area contributed by atoms with Crippen molar-refractivity contribution >= 4 is 35.3 Å². The molecule has 2 aromatic carbocycles. The van der Waals surface area contributed by atoms with Crippen LogP contribution in [0, 0.1) is 11.3 Å². The molecule has 8 heteroatoms. The number of hydrogen-bond donors (Lipinski definition) is 2. The van der Waals surface area contributed by atoms with Crippen molar-refractivity contribution in [2.45, 2.75) is 4.58 Å². The maximum Gasteiger partial charge on any atom is 0.276 e. The number of benzene rings is 2. The van der Waals surface area contributed by atoms with Crippen LogP contribution in [0.25, 0.3) is 0 Å². The van der Waals surface area contributed by atoms with Crippen LogP contribution in [0.15, 0.2) is 48.5 Å². The Bertz CT molecular complexity index is 842. The number of nitriles is 1. The summed E-state index contributed by atoms with van der Waals surface area (Å²) in [5, 5.41) is 8.74. The predicted octanol–water partition coefficient (Wildman–Crippen LogP) is 2.88. The first kappa shape index (κ1) is 19.1. The van der Waals surface area contributed by atoms with E-state index in [1.807, 2.05) is 41.7 Å². The summed E-state index contributed by atoms with van der Waals surface area (Å²) in [6.45, 7) is -0.249. The summed E-state index contributed by atoms with van der Waals surface area (Å²) in [4.78, 5) is 23.9. The van der Waals surface area contributed by atoms with Gasteiger partial charge in [0.25, 0.3) is 11.8 Å². The molecule has 0 unspecified atom stereocenters. The Morgan fingerprint density at radius 2 is 1.70 bits per heavy atom. The van der Waals surface area contributed by atoms with Crippen molar-refractivity contribution in [3.05, 3.63) is 65.2 Å². The van der Waals surface area contributed by atoms with E-state index in [9.17, 15) is 9.59 Å². The second kappa shape index (κ2) is 9.35. The lowest BCUT2D eigenvalue weighted by molar-refractivity contribution is -0.123.